The molecule has 0 amide bonds. The van der Waals surface area contributed by atoms with Crippen molar-refractivity contribution in [1.29, 1.82) is 0 Å². The fourth-order valence-electron chi connectivity index (χ4n) is 1.94. The van der Waals surface area contributed by atoms with Crippen LogP contribution < -0.4 is 19.9 Å². The maximum atomic E-state index is 5.71. The molecule has 0 fully saturated rings. The zero-order valence-electron chi connectivity index (χ0n) is 11.1. The van der Waals surface area contributed by atoms with Gasteiger partial charge >= 0.3 is 0 Å². The van der Waals surface area contributed by atoms with Crippen LogP contribution in [0.15, 0.2) is 30.5 Å². The number of benzene rings is 1. The van der Waals surface area contributed by atoms with E-state index in [2.05, 4.69) is 4.98 Å². The lowest BCUT2D eigenvalue weighted by Gasteiger charge is -2.15. The molecule has 5 nitrogen and oxygen atoms in total. The van der Waals surface area contributed by atoms with Gasteiger partial charge in [-0.2, -0.15) is 0 Å². The molecule has 100 valence electrons. The van der Waals surface area contributed by atoms with Crippen molar-refractivity contribution < 1.29 is 14.2 Å². The number of nitrogen functional groups attached to an aromatic ring is 1. The summed E-state index contributed by atoms with van der Waals surface area (Å²) in [5, 5.41) is 0. The Morgan fingerprint density at radius 1 is 0.947 bits per heavy atom. The molecule has 1 aromatic heterocycles. The second-order valence-electron chi connectivity index (χ2n) is 3.85. The smallest absolute Gasteiger partial charge is 0.203 e. The first kappa shape index (κ1) is 13.0. The molecule has 0 aliphatic carbocycles. The summed E-state index contributed by atoms with van der Waals surface area (Å²) in [4.78, 5) is 3.98. The molecular weight excluding hydrogens is 244 g/mol. The molecule has 0 saturated carbocycles. The van der Waals surface area contributed by atoms with Gasteiger partial charge in [-0.25, -0.2) is 4.98 Å². The molecule has 1 aromatic carbocycles. The normalized spacial score (nSPS) is 10.1. The van der Waals surface area contributed by atoms with E-state index in [9.17, 15) is 0 Å². The summed E-state index contributed by atoms with van der Waals surface area (Å²) in [5.74, 6) is 2.23. The van der Waals surface area contributed by atoms with E-state index in [0.29, 0.717) is 23.1 Å². The third-order valence-corrected chi connectivity index (χ3v) is 2.80. The molecule has 1 heterocycles. The second-order valence-corrected chi connectivity index (χ2v) is 3.85. The van der Waals surface area contributed by atoms with E-state index >= 15 is 0 Å². The molecule has 0 unspecified atom stereocenters. The molecule has 0 spiro atoms. The number of hydrogen-bond acceptors (Lipinski definition) is 5. The van der Waals surface area contributed by atoms with Crippen LogP contribution in [0.4, 0.5) is 5.82 Å². The molecule has 0 atom stereocenters. The first-order valence-electron chi connectivity index (χ1n) is 5.72. The van der Waals surface area contributed by atoms with Crippen molar-refractivity contribution in [3.63, 3.8) is 0 Å². The molecule has 2 aromatic rings. The number of ether oxygens (including phenoxy) is 3. The van der Waals surface area contributed by atoms with Crippen molar-refractivity contribution in [3.05, 3.63) is 30.5 Å². The third kappa shape index (κ3) is 2.40. The van der Waals surface area contributed by atoms with Crippen molar-refractivity contribution >= 4 is 5.82 Å². The van der Waals surface area contributed by atoms with Gasteiger partial charge in [-0.3, -0.25) is 0 Å². The van der Waals surface area contributed by atoms with Gasteiger partial charge in [0.1, 0.15) is 5.82 Å². The molecule has 2 N–H and O–H groups in total. The lowest BCUT2D eigenvalue weighted by Crippen LogP contribution is -1.97. The lowest BCUT2D eigenvalue weighted by molar-refractivity contribution is 0.325. The van der Waals surface area contributed by atoms with Gasteiger partial charge < -0.3 is 19.9 Å². The summed E-state index contributed by atoms with van der Waals surface area (Å²) in [5.41, 5.74) is 7.48. The fourth-order valence-corrected chi connectivity index (χ4v) is 1.94. The summed E-state index contributed by atoms with van der Waals surface area (Å²) >= 11 is 0. The molecule has 0 bridgehead atoms. The Bertz CT molecular complexity index is 585. The van der Waals surface area contributed by atoms with Crippen LogP contribution in [-0.4, -0.2) is 26.3 Å². The Hall–Kier alpha value is -2.43. The molecule has 0 aliphatic heterocycles. The van der Waals surface area contributed by atoms with Crippen LogP contribution in [0.5, 0.6) is 17.2 Å². The number of rotatable bonds is 4. The minimum Gasteiger partial charge on any atom is -0.493 e. The summed E-state index contributed by atoms with van der Waals surface area (Å²) in [6.07, 6.45) is 1.65. The Kier molecular flexibility index (Phi) is 3.75. The maximum absolute atomic E-state index is 5.71. The van der Waals surface area contributed by atoms with Gasteiger partial charge in [0.05, 0.1) is 21.3 Å². The Morgan fingerprint density at radius 3 is 2.26 bits per heavy atom. The Morgan fingerprint density at radius 2 is 1.68 bits per heavy atom. The van der Waals surface area contributed by atoms with Gasteiger partial charge in [0, 0.05) is 11.8 Å². The highest BCUT2D eigenvalue weighted by atomic mass is 16.5. The quantitative estimate of drug-likeness (QED) is 0.914. The monoisotopic (exact) mass is 260 g/mol. The minimum atomic E-state index is 0.453. The summed E-state index contributed by atoms with van der Waals surface area (Å²) in [7, 11) is 4.75. The Balaban J connectivity index is 2.64. The molecule has 19 heavy (non-hydrogen) atoms. The first-order chi connectivity index (χ1) is 9.21. The third-order valence-electron chi connectivity index (χ3n) is 2.80. The number of hydrogen-bond donors (Lipinski definition) is 1. The van der Waals surface area contributed by atoms with E-state index < -0.39 is 0 Å². The van der Waals surface area contributed by atoms with E-state index in [-0.39, 0.29) is 0 Å². The molecule has 0 radical (unpaired) electrons. The van der Waals surface area contributed by atoms with Crippen LogP contribution in [-0.2, 0) is 0 Å². The fraction of sp³-hybridized carbons (Fsp3) is 0.214. The highest BCUT2D eigenvalue weighted by Crippen LogP contribution is 2.44. The number of aromatic nitrogens is 1. The van der Waals surface area contributed by atoms with Gasteiger partial charge in [0.25, 0.3) is 0 Å². The van der Waals surface area contributed by atoms with Crippen molar-refractivity contribution in [2.45, 2.75) is 0 Å². The van der Waals surface area contributed by atoms with Crippen molar-refractivity contribution in [3.8, 4) is 28.4 Å². The maximum Gasteiger partial charge on any atom is 0.203 e. The van der Waals surface area contributed by atoms with Crippen molar-refractivity contribution in [1.82, 2.24) is 4.98 Å². The van der Waals surface area contributed by atoms with E-state index in [1.807, 2.05) is 18.2 Å². The van der Waals surface area contributed by atoms with Crippen LogP contribution in [0.3, 0.4) is 0 Å². The van der Waals surface area contributed by atoms with Gasteiger partial charge in [-0.05, 0) is 29.8 Å². The van der Waals surface area contributed by atoms with Gasteiger partial charge in [0.15, 0.2) is 11.5 Å². The van der Waals surface area contributed by atoms with E-state index in [0.717, 1.165) is 11.1 Å². The second kappa shape index (κ2) is 5.48. The predicted octanol–water partition coefficient (Wildman–Crippen LogP) is 2.36. The SMILES string of the molecule is COc1ccc(-c2ccnc(N)c2)c(OC)c1OC. The van der Waals surface area contributed by atoms with Crippen LogP contribution >= 0.6 is 0 Å². The molecule has 2 rings (SSSR count). The van der Waals surface area contributed by atoms with Crippen molar-refractivity contribution in [2.75, 3.05) is 27.1 Å². The summed E-state index contributed by atoms with van der Waals surface area (Å²) in [6, 6.07) is 7.37. The van der Waals surface area contributed by atoms with E-state index in [4.69, 9.17) is 19.9 Å². The van der Waals surface area contributed by atoms with Crippen LogP contribution in [0.25, 0.3) is 11.1 Å². The number of methoxy groups -OCH3 is 3. The van der Waals surface area contributed by atoms with Crippen molar-refractivity contribution in [2.24, 2.45) is 0 Å². The molecule has 5 heteroatoms. The molecular formula is C14H16N2O3. The number of nitrogens with two attached hydrogens (primary N) is 1. The number of anilines is 1. The predicted molar refractivity (Wildman–Crippen MR) is 73.7 cm³/mol. The number of nitrogens with zero attached hydrogens (tertiary/aromatic N) is 1. The molecule has 0 saturated heterocycles. The average molecular weight is 260 g/mol. The number of pyridine rings is 1. The van der Waals surface area contributed by atoms with Crippen LogP contribution in [0, 0.1) is 0 Å². The van der Waals surface area contributed by atoms with Gasteiger partial charge in [0.2, 0.25) is 5.75 Å². The largest absolute Gasteiger partial charge is 0.493 e. The first-order valence-corrected chi connectivity index (χ1v) is 5.72. The highest BCUT2D eigenvalue weighted by molar-refractivity contribution is 5.77. The average Bonchev–Trinajstić information content (AvgIpc) is 2.45. The minimum absolute atomic E-state index is 0.453. The van der Waals surface area contributed by atoms with Crippen LogP contribution in [0.1, 0.15) is 0 Å². The van der Waals surface area contributed by atoms with Crippen LogP contribution in [0.2, 0.25) is 0 Å². The lowest BCUT2D eigenvalue weighted by atomic mass is 10.0. The summed E-state index contributed by atoms with van der Waals surface area (Å²) in [6.45, 7) is 0. The van der Waals surface area contributed by atoms with Gasteiger partial charge in [-0.15, -0.1) is 0 Å². The molecule has 0 aliphatic rings. The highest BCUT2D eigenvalue weighted by Gasteiger charge is 2.16. The topological polar surface area (TPSA) is 66.6 Å². The zero-order valence-corrected chi connectivity index (χ0v) is 11.1. The summed E-state index contributed by atoms with van der Waals surface area (Å²) < 4.78 is 16.0. The van der Waals surface area contributed by atoms with Gasteiger partial charge in [-0.1, -0.05) is 0 Å². The standard InChI is InChI=1S/C14H16N2O3/c1-17-11-5-4-10(13(18-2)14(11)19-3)9-6-7-16-12(15)8-9/h4-8H,1-3H3,(H2,15,16). The Labute approximate surface area is 111 Å². The van der Waals surface area contributed by atoms with E-state index in [1.54, 1.807) is 33.6 Å². The van der Waals surface area contributed by atoms with E-state index in [1.165, 1.54) is 0 Å². The zero-order chi connectivity index (χ0) is 13.8.